The van der Waals surface area contributed by atoms with Crippen LogP contribution in [0.2, 0.25) is 0 Å². The molecule has 6 heteroatoms. The highest BCUT2D eigenvalue weighted by molar-refractivity contribution is 5.52. The molecule has 6 nitrogen and oxygen atoms in total. The second kappa shape index (κ2) is 8.48. The zero-order valence-corrected chi connectivity index (χ0v) is 15.2. The minimum Gasteiger partial charge on any atom is -0.497 e. The molecule has 0 aliphatic rings. The average Bonchev–Trinajstić information content (AvgIpc) is 2.59. The van der Waals surface area contributed by atoms with E-state index in [4.69, 9.17) is 4.74 Å². The van der Waals surface area contributed by atoms with Gasteiger partial charge in [0.05, 0.1) is 12.0 Å². The van der Waals surface area contributed by atoms with Gasteiger partial charge in [0, 0.05) is 51.1 Å². The lowest BCUT2D eigenvalue weighted by Gasteiger charge is -2.20. The van der Waals surface area contributed by atoms with Gasteiger partial charge in [0.15, 0.2) is 0 Å². The van der Waals surface area contributed by atoms with Crippen LogP contribution in [0.25, 0.3) is 0 Å². The Morgan fingerprint density at radius 3 is 2.28 bits per heavy atom. The van der Waals surface area contributed by atoms with E-state index in [-0.39, 0.29) is 10.6 Å². The summed E-state index contributed by atoms with van der Waals surface area (Å²) in [6.45, 7) is 1.68. The third-order valence-electron chi connectivity index (χ3n) is 4.09. The van der Waals surface area contributed by atoms with Crippen LogP contribution in [0.15, 0.2) is 42.5 Å². The van der Waals surface area contributed by atoms with Crippen molar-refractivity contribution in [3.05, 3.63) is 63.7 Å². The highest BCUT2D eigenvalue weighted by Crippen LogP contribution is 2.23. The molecule has 0 fully saturated rings. The van der Waals surface area contributed by atoms with E-state index in [1.165, 1.54) is 5.56 Å². The second-order valence-corrected chi connectivity index (χ2v) is 6.35. The number of nitro groups is 1. The molecule has 2 rings (SSSR count). The lowest BCUT2D eigenvalue weighted by molar-refractivity contribution is -0.384. The Labute approximate surface area is 148 Å². The summed E-state index contributed by atoms with van der Waals surface area (Å²) in [5.74, 6) is 0.852. The number of methoxy groups -OCH3 is 1. The molecule has 0 saturated heterocycles. The van der Waals surface area contributed by atoms with E-state index in [1.807, 2.05) is 32.3 Å². The van der Waals surface area contributed by atoms with Crippen molar-refractivity contribution in [2.75, 3.05) is 39.7 Å². The summed E-state index contributed by atoms with van der Waals surface area (Å²) in [4.78, 5) is 14.6. The topological polar surface area (TPSA) is 58.9 Å². The number of benzene rings is 2. The Morgan fingerprint density at radius 1 is 1.04 bits per heavy atom. The van der Waals surface area contributed by atoms with Crippen LogP contribution in [-0.2, 0) is 13.0 Å². The molecule has 0 aromatic heterocycles. The number of nitrogens with zero attached hydrogens (tertiary/aromatic N) is 3. The van der Waals surface area contributed by atoms with E-state index >= 15 is 0 Å². The molecule has 0 atom stereocenters. The largest absolute Gasteiger partial charge is 0.497 e. The van der Waals surface area contributed by atoms with Crippen molar-refractivity contribution in [2.45, 2.75) is 13.0 Å². The van der Waals surface area contributed by atoms with E-state index < -0.39 is 0 Å². The molecule has 0 N–H and O–H groups in total. The molecule has 25 heavy (non-hydrogen) atoms. The van der Waals surface area contributed by atoms with Crippen LogP contribution >= 0.6 is 0 Å². The molecular weight excluding hydrogens is 318 g/mol. The van der Waals surface area contributed by atoms with Crippen molar-refractivity contribution in [3.63, 3.8) is 0 Å². The Bertz CT molecular complexity index is 714. The number of anilines is 1. The minimum absolute atomic E-state index is 0.129. The average molecular weight is 343 g/mol. The van der Waals surface area contributed by atoms with Crippen molar-refractivity contribution in [2.24, 2.45) is 0 Å². The van der Waals surface area contributed by atoms with Gasteiger partial charge in [0.25, 0.3) is 5.69 Å². The first kappa shape index (κ1) is 18.7. The summed E-state index contributed by atoms with van der Waals surface area (Å²) in [6.07, 6.45) is 0.846. The van der Waals surface area contributed by atoms with Gasteiger partial charge >= 0.3 is 0 Å². The Morgan fingerprint density at radius 2 is 1.72 bits per heavy atom. The highest BCUT2D eigenvalue weighted by atomic mass is 16.6. The predicted molar refractivity (Wildman–Crippen MR) is 100 cm³/mol. The van der Waals surface area contributed by atoms with Gasteiger partial charge in [-0.1, -0.05) is 12.1 Å². The first-order chi connectivity index (χ1) is 11.9. The lowest BCUT2D eigenvalue weighted by atomic mass is 10.1. The van der Waals surface area contributed by atoms with Gasteiger partial charge in [0.2, 0.25) is 0 Å². The van der Waals surface area contributed by atoms with Gasteiger partial charge < -0.3 is 14.5 Å². The fourth-order valence-electron chi connectivity index (χ4n) is 2.61. The molecule has 0 spiro atoms. The van der Waals surface area contributed by atoms with Gasteiger partial charge in [-0.15, -0.1) is 0 Å². The van der Waals surface area contributed by atoms with Crippen LogP contribution in [0.3, 0.4) is 0 Å². The van der Waals surface area contributed by atoms with Crippen LogP contribution in [-0.4, -0.2) is 44.6 Å². The Balaban J connectivity index is 1.96. The molecule has 0 unspecified atom stereocenters. The smallest absolute Gasteiger partial charge is 0.269 e. The second-order valence-electron chi connectivity index (χ2n) is 6.35. The Kier molecular flexibility index (Phi) is 6.36. The maximum Gasteiger partial charge on any atom is 0.269 e. The number of likely N-dealkylation sites (N-methyl/N-ethyl adjacent to an activating group) is 1. The molecule has 0 aliphatic heterocycles. The molecular formula is C19H25N3O3. The number of non-ortho nitro benzene ring substituents is 1. The van der Waals surface area contributed by atoms with Gasteiger partial charge in [-0.3, -0.25) is 10.1 Å². The standard InChI is InChI=1S/C19H25N3O3/c1-20(2)18-11-16(12-19(13-18)25-4)14-21(3)10-9-15-5-7-17(8-6-15)22(23)24/h5-8,11-13H,9-10,14H2,1-4H3. The number of hydrogen-bond acceptors (Lipinski definition) is 5. The van der Waals surface area contributed by atoms with E-state index in [1.54, 1.807) is 19.2 Å². The molecule has 0 aliphatic carbocycles. The number of nitro benzene ring substituents is 1. The predicted octanol–water partition coefficient (Wildman–Crippen LogP) is 3.34. The van der Waals surface area contributed by atoms with Gasteiger partial charge in [-0.2, -0.15) is 0 Å². The summed E-state index contributed by atoms with van der Waals surface area (Å²) >= 11 is 0. The molecule has 0 saturated carbocycles. The molecule has 0 bridgehead atoms. The van der Waals surface area contributed by atoms with Crippen LogP contribution in [0.5, 0.6) is 5.75 Å². The lowest BCUT2D eigenvalue weighted by Crippen LogP contribution is -2.21. The third-order valence-corrected chi connectivity index (χ3v) is 4.09. The summed E-state index contributed by atoms with van der Waals surface area (Å²) in [5.41, 5.74) is 3.52. The van der Waals surface area contributed by atoms with Crippen LogP contribution < -0.4 is 9.64 Å². The highest BCUT2D eigenvalue weighted by Gasteiger charge is 2.08. The SMILES string of the molecule is COc1cc(CN(C)CCc2ccc([N+](=O)[O-])cc2)cc(N(C)C)c1. The summed E-state index contributed by atoms with van der Waals surface area (Å²) in [7, 11) is 7.77. The maximum absolute atomic E-state index is 10.7. The van der Waals surface area contributed by atoms with Crippen molar-refractivity contribution in [3.8, 4) is 5.75 Å². The summed E-state index contributed by atoms with van der Waals surface area (Å²) in [6, 6.07) is 13.0. The minimum atomic E-state index is -0.374. The number of ether oxygens (including phenoxy) is 1. The van der Waals surface area contributed by atoms with E-state index in [9.17, 15) is 10.1 Å². The molecule has 0 radical (unpaired) electrons. The first-order valence-corrected chi connectivity index (χ1v) is 8.16. The monoisotopic (exact) mass is 343 g/mol. The first-order valence-electron chi connectivity index (χ1n) is 8.16. The zero-order chi connectivity index (χ0) is 18.4. The number of rotatable bonds is 8. The van der Waals surface area contributed by atoms with Gasteiger partial charge in [-0.25, -0.2) is 0 Å². The van der Waals surface area contributed by atoms with E-state index in [0.717, 1.165) is 36.5 Å². The van der Waals surface area contributed by atoms with Crippen molar-refractivity contribution in [1.82, 2.24) is 4.90 Å². The van der Waals surface area contributed by atoms with Gasteiger partial charge in [-0.05, 0) is 36.7 Å². The van der Waals surface area contributed by atoms with Crippen LogP contribution in [0, 0.1) is 10.1 Å². The quantitative estimate of drug-likeness (QED) is 0.543. The molecule has 0 amide bonds. The summed E-state index contributed by atoms with van der Waals surface area (Å²) < 4.78 is 5.39. The van der Waals surface area contributed by atoms with Crippen molar-refractivity contribution in [1.29, 1.82) is 0 Å². The maximum atomic E-state index is 10.7. The van der Waals surface area contributed by atoms with Crippen LogP contribution in [0.4, 0.5) is 11.4 Å². The van der Waals surface area contributed by atoms with Crippen molar-refractivity contribution >= 4 is 11.4 Å². The fourth-order valence-corrected chi connectivity index (χ4v) is 2.61. The molecule has 2 aromatic rings. The zero-order valence-electron chi connectivity index (χ0n) is 15.2. The number of hydrogen-bond donors (Lipinski definition) is 0. The third kappa shape index (κ3) is 5.46. The Hall–Kier alpha value is -2.60. The van der Waals surface area contributed by atoms with E-state index in [0.29, 0.717) is 0 Å². The normalized spacial score (nSPS) is 10.8. The summed E-state index contributed by atoms with van der Waals surface area (Å²) in [5, 5.41) is 10.7. The molecule has 0 heterocycles. The molecule has 134 valence electrons. The fraction of sp³-hybridized carbons (Fsp3) is 0.368. The van der Waals surface area contributed by atoms with E-state index in [2.05, 4.69) is 29.0 Å². The van der Waals surface area contributed by atoms with Crippen molar-refractivity contribution < 1.29 is 9.66 Å². The van der Waals surface area contributed by atoms with Gasteiger partial charge in [0.1, 0.15) is 5.75 Å². The molecule has 2 aromatic carbocycles. The van der Waals surface area contributed by atoms with Crippen LogP contribution in [0.1, 0.15) is 11.1 Å².